The predicted molar refractivity (Wildman–Crippen MR) is 82.7 cm³/mol. The van der Waals surface area contributed by atoms with Gasteiger partial charge in [0.2, 0.25) is 0 Å². The van der Waals surface area contributed by atoms with Crippen LogP contribution in [0.15, 0.2) is 28.7 Å². The highest BCUT2D eigenvalue weighted by Crippen LogP contribution is 2.34. The van der Waals surface area contributed by atoms with Gasteiger partial charge in [0.1, 0.15) is 11.3 Å². The van der Waals surface area contributed by atoms with E-state index in [2.05, 4.69) is 0 Å². The van der Waals surface area contributed by atoms with Crippen LogP contribution in [0, 0.1) is 0 Å². The highest BCUT2D eigenvalue weighted by Gasteiger charge is 2.40. The summed E-state index contributed by atoms with van der Waals surface area (Å²) in [6, 6.07) is 7.75. The van der Waals surface area contributed by atoms with Crippen molar-refractivity contribution in [1.29, 1.82) is 0 Å². The number of benzene rings is 1. The fourth-order valence-corrected chi connectivity index (χ4v) is 2.78. The smallest absolute Gasteiger partial charge is 0.411 e. The van der Waals surface area contributed by atoms with E-state index in [4.69, 9.17) is 14.3 Å². The summed E-state index contributed by atoms with van der Waals surface area (Å²) in [7, 11) is 0. The summed E-state index contributed by atoms with van der Waals surface area (Å²) in [5.41, 5.74) is 1.44. The number of hydrogen-bond acceptors (Lipinski definition) is 4. The molecule has 1 amide bonds. The number of carbonyl (C=O) groups is 1. The van der Waals surface area contributed by atoms with Crippen LogP contribution in [0.5, 0.6) is 0 Å². The number of amides is 1. The van der Waals surface area contributed by atoms with E-state index in [1.165, 1.54) is 0 Å². The van der Waals surface area contributed by atoms with E-state index in [0.717, 1.165) is 16.5 Å². The quantitative estimate of drug-likeness (QED) is 0.945. The zero-order chi connectivity index (χ0) is 15.9. The summed E-state index contributed by atoms with van der Waals surface area (Å²) in [6.45, 7) is 6.50. The molecule has 1 fully saturated rings. The third kappa shape index (κ3) is 2.57. The maximum Gasteiger partial charge on any atom is 0.411 e. The van der Waals surface area contributed by atoms with E-state index in [1.807, 2.05) is 45.0 Å². The first kappa shape index (κ1) is 14.9. The van der Waals surface area contributed by atoms with Crippen LogP contribution in [0.1, 0.15) is 38.2 Å². The van der Waals surface area contributed by atoms with Crippen molar-refractivity contribution in [3.05, 3.63) is 35.6 Å². The second kappa shape index (κ2) is 5.32. The Morgan fingerprint density at radius 1 is 1.36 bits per heavy atom. The largest absolute Gasteiger partial charge is 0.457 e. The molecule has 0 aliphatic carbocycles. The number of hydrogen-bond donors (Lipinski definition) is 1. The zero-order valence-corrected chi connectivity index (χ0v) is 13.1. The number of cyclic esters (lactones) is 1. The van der Waals surface area contributed by atoms with Crippen molar-refractivity contribution < 1.29 is 19.1 Å². The number of nitrogens with zero attached hydrogens (tertiary/aromatic N) is 1. The SMILES string of the molecule is CC(C)(C)N1CC(c2cc3cccc(CCO)c3o2)OC1=O. The fraction of sp³-hybridized carbons (Fsp3) is 0.471. The Bertz CT molecular complexity index is 698. The number of rotatable bonds is 3. The van der Waals surface area contributed by atoms with Crippen molar-refractivity contribution >= 4 is 17.1 Å². The lowest BCUT2D eigenvalue weighted by atomic mass is 10.1. The number of fused-ring (bicyclic) bond motifs is 1. The van der Waals surface area contributed by atoms with Crippen molar-refractivity contribution in [2.75, 3.05) is 13.2 Å². The number of aliphatic hydroxyl groups is 1. The van der Waals surface area contributed by atoms with Gasteiger partial charge in [-0.2, -0.15) is 0 Å². The molecular weight excluding hydrogens is 282 g/mol. The molecule has 1 aromatic carbocycles. The van der Waals surface area contributed by atoms with Gasteiger partial charge in [-0.05, 0) is 38.8 Å². The molecule has 2 heterocycles. The van der Waals surface area contributed by atoms with Gasteiger partial charge in [0.05, 0.1) is 6.54 Å². The number of para-hydroxylation sites is 1. The van der Waals surface area contributed by atoms with Gasteiger partial charge in [0.15, 0.2) is 6.10 Å². The molecule has 3 rings (SSSR count). The average Bonchev–Trinajstić information content (AvgIpc) is 3.02. The van der Waals surface area contributed by atoms with Crippen LogP contribution in [0.4, 0.5) is 4.79 Å². The molecule has 0 bridgehead atoms. The molecule has 1 aliphatic rings. The number of carbonyl (C=O) groups excluding carboxylic acids is 1. The van der Waals surface area contributed by atoms with Crippen molar-refractivity contribution in [3.63, 3.8) is 0 Å². The van der Waals surface area contributed by atoms with Gasteiger partial charge in [-0.25, -0.2) is 4.79 Å². The maximum atomic E-state index is 12.0. The Balaban J connectivity index is 1.92. The van der Waals surface area contributed by atoms with Gasteiger partial charge in [0, 0.05) is 17.5 Å². The van der Waals surface area contributed by atoms with E-state index in [-0.39, 0.29) is 24.3 Å². The van der Waals surface area contributed by atoms with E-state index in [0.29, 0.717) is 18.7 Å². The van der Waals surface area contributed by atoms with Crippen LogP contribution >= 0.6 is 0 Å². The number of aliphatic hydroxyl groups excluding tert-OH is 1. The van der Waals surface area contributed by atoms with Crippen LogP contribution in [-0.4, -0.2) is 34.8 Å². The Morgan fingerprint density at radius 3 is 2.77 bits per heavy atom. The van der Waals surface area contributed by atoms with Crippen LogP contribution in [0.25, 0.3) is 11.0 Å². The molecule has 1 N–H and O–H groups in total. The third-order valence-corrected chi connectivity index (χ3v) is 3.96. The average molecular weight is 303 g/mol. The molecule has 5 heteroatoms. The topological polar surface area (TPSA) is 62.9 Å². The maximum absolute atomic E-state index is 12.0. The van der Waals surface area contributed by atoms with Crippen molar-refractivity contribution in [1.82, 2.24) is 4.90 Å². The minimum Gasteiger partial charge on any atom is -0.457 e. The Morgan fingerprint density at radius 2 is 2.14 bits per heavy atom. The summed E-state index contributed by atoms with van der Waals surface area (Å²) in [6.07, 6.45) is -0.155. The van der Waals surface area contributed by atoms with E-state index >= 15 is 0 Å². The van der Waals surface area contributed by atoms with Crippen LogP contribution < -0.4 is 0 Å². The molecule has 0 saturated carbocycles. The Hall–Kier alpha value is -2.01. The van der Waals surface area contributed by atoms with E-state index in [1.54, 1.807) is 4.90 Å². The van der Waals surface area contributed by atoms with E-state index in [9.17, 15) is 4.79 Å². The molecule has 1 aromatic heterocycles. The second-order valence-electron chi connectivity index (χ2n) is 6.61. The van der Waals surface area contributed by atoms with Crippen LogP contribution in [0.3, 0.4) is 0 Å². The first-order valence-corrected chi connectivity index (χ1v) is 7.50. The van der Waals surface area contributed by atoms with Gasteiger partial charge in [-0.15, -0.1) is 0 Å². The summed E-state index contributed by atoms with van der Waals surface area (Å²) in [5, 5.41) is 10.1. The summed E-state index contributed by atoms with van der Waals surface area (Å²) < 4.78 is 11.4. The van der Waals surface area contributed by atoms with Gasteiger partial charge in [0.25, 0.3) is 0 Å². The minimum atomic E-state index is -0.388. The highest BCUT2D eigenvalue weighted by molar-refractivity contribution is 5.81. The van der Waals surface area contributed by atoms with E-state index < -0.39 is 0 Å². The van der Waals surface area contributed by atoms with Gasteiger partial charge in [-0.3, -0.25) is 4.90 Å². The monoisotopic (exact) mass is 303 g/mol. The molecular formula is C17H21NO4. The van der Waals surface area contributed by atoms with Crippen molar-refractivity contribution in [3.8, 4) is 0 Å². The molecule has 1 unspecified atom stereocenters. The molecule has 1 saturated heterocycles. The summed E-state index contributed by atoms with van der Waals surface area (Å²) in [4.78, 5) is 13.7. The lowest BCUT2D eigenvalue weighted by Gasteiger charge is -2.28. The highest BCUT2D eigenvalue weighted by atomic mass is 16.6. The first-order valence-electron chi connectivity index (χ1n) is 7.50. The summed E-state index contributed by atoms with van der Waals surface area (Å²) in [5.74, 6) is 0.653. The Labute approximate surface area is 129 Å². The number of furan rings is 1. The molecule has 1 aliphatic heterocycles. The minimum absolute atomic E-state index is 0.0748. The standard InChI is InChI=1S/C17H21NO4/c1-17(2,3)18-10-14(22-16(18)20)13-9-12-6-4-5-11(7-8-19)15(12)21-13/h4-6,9,14,19H,7-8,10H2,1-3H3. The predicted octanol–water partition coefficient (Wildman–Crippen LogP) is 3.26. The van der Waals surface area contributed by atoms with Crippen LogP contribution in [0.2, 0.25) is 0 Å². The van der Waals surface area contributed by atoms with Crippen molar-refractivity contribution in [2.24, 2.45) is 0 Å². The molecule has 1 atom stereocenters. The molecule has 0 spiro atoms. The van der Waals surface area contributed by atoms with Crippen molar-refractivity contribution in [2.45, 2.75) is 38.8 Å². The fourth-order valence-electron chi connectivity index (χ4n) is 2.78. The second-order valence-corrected chi connectivity index (χ2v) is 6.61. The normalized spacial score (nSPS) is 19.0. The van der Waals surface area contributed by atoms with Gasteiger partial charge >= 0.3 is 6.09 Å². The molecule has 22 heavy (non-hydrogen) atoms. The zero-order valence-electron chi connectivity index (χ0n) is 13.1. The molecule has 0 radical (unpaired) electrons. The molecule has 118 valence electrons. The molecule has 5 nitrogen and oxygen atoms in total. The first-order chi connectivity index (χ1) is 10.4. The lowest BCUT2D eigenvalue weighted by molar-refractivity contribution is 0.114. The lowest BCUT2D eigenvalue weighted by Crippen LogP contribution is -2.41. The third-order valence-electron chi connectivity index (χ3n) is 3.96. The van der Waals surface area contributed by atoms with Crippen LogP contribution in [-0.2, 0) is 11.2 Å². The Kier molecular flexibility index (Phi) is 3.60. The van der Waals surface area contributed by atoms with Gasteiger partial charge in [-0.1, -0.05) is 18.2 Å². The molecule has 2 aromatic rings. The van der Waals surface area contributed by atoms with Gasteiger partial charge < -0.3 is 14.3 Å². The number of ether oxygens (including phenoxy) is 1. The summed E-state index contributed by atoms with van der Waals surface area (Å²) >= 11 is 0.